The van der Waals surface area contributed by atoms with Crippen LogP contribution in [0.5, 0.6) is 0 Å². The highest BCUT2D eigenvalue weighted by Crippen LogP contribution is 2.61. The molecule has 0 bridgehead atoms. The Morgan fingerprint density at radius 3 is 1.59 bits per heavy atom. The molecule has 1 aromatic heterocycles. The fraction of sp³-hybridized carbons (Fsp3) is 0.0204. The fourth-order valence-electron chi connectivity index (χ4n) is 8.97. The standard InChI is InChI=1S/C49H31NO2S2/c51-54(52)47-26-14-10-22-41(47)49(39-20-8-12-24-45(39)53-46-25-13-9-21-40(46)49)42-30-38-37-19-7-11-23-43(37)50(44(38)31-48(42)54)36-28-34(32-15-3-1-4-16-32)27-35(29-36)33-17-5-2-6-18-33/h1-31H. The second-order valence-corrected chi connectivity index (χ2v) is 17.0. The average Bonchev–Trinajstić information content (AvgIpc) is 3.56. The highest BCUT2D eigenvalue weighted by Gasteiger charge is 2.52. The quantitative estimate of drug-likeness (QED) is 0.182. The minimum atomic E-state index is -3.93. The molecule has 1 spiro atoms. The summed E-state index contributed by atoms with van der Waals surface area (Å²) in [7, 11) is -3.93. The Morgan fingerprint density at radius 2 is 0.944 bits per heavy atom. The van der Waals surface area contributed by atoms with E-state index in [4.69, 9.17) is 0 Å². The van der Waals surface area contributed by atoms with Crippen LogP contribution in [-0.4, -0.2) is 13.0 Å². The molecule has 0 unspecified atom stereocenters. The van der Waals surface area contributed by atoms with E-state index in [0.29, 0.717) is 9.79 Å². The summed E-state index contributed by atoms with van der Waals surface area (Å²) in [6.07, 6.45) is 0. The van der Waals surface area contributed by atoms with Crippen molar-refractivity contribution >= 4 is 43.4 Å². The summed E-state index contributed by atoms with van der Waals surface area (Å²) < 4.78 is 32.5. The van der Waals surface area contributed by atoms with E-state index in [2.05, 4.69) is 150 Å². The zero-order valence-corrected chi connectivity index (χ0v) is 30.6. The molecule has 0 saturated heterocycles. The van der Waals surface area contributed by atoms with Gasteiger partial charge >= 0.3 is 0 Å². The number of benzene rings is 8. The van der Waals surface area contributed by atoms with Gasteiger partial charge in [0.1, 0.15) is 0 Å². The van der Waals surface area contributed by atoms with Gasteiger partial charge in [-0.25, -0.2) is 8.42 Å². The first-order chi connectivity index (χ1) is 26.5. The van der Waals surface area contributed by atoms with Crippen LogP contribution in [-0.2, 0) is 15.3 Å². The number of hydrogen-bond donors (Lipinski definition) is 0. The van der Waals surface area contributed by atoms with Crippen LogP contribution in [0.4, 0.5) is 0 Å². The molecule has 0 amide bonds. The molecule has 0 saturated carbocycles. The van der Waals surface area contributed by atoms with Crippen LogP contribution in [0, 0.1) is 0 Å². The van der Waals surface area contributed by atoms with E-state index in [1.165, 1.54) is 0 Å². The molecule has 0 radical (unpaired) electrons. The van der Waals surface area contributed by atoms with E-state index in [-0.39, 0.29) is 0 Å². The molecule has 8 aromatic carbocycles. The van der Waals surface area contributed by atoms with E-state index in [1.54, 1.807) is 17.8 Å². The first-order valence-electron chi connectivity index (χ1n) is 18.1. The highest BCUT2D eigenvalue weighted by atomic mass is 32.2. The predicted molar refractivity (Wildman–Crippen MR) is 220 cm³/mol. The van der Waals surface area contributed by atoms with Crippen molar-refractivity contribution in [1.29, 1.82) is 0 Å². The van der Waals surface area contributed by atoms with Gasteiger partial charge in [0.25, 0.3) is 0 Å². The summed E-state index contributed by atoms with van der Waals surface area (Å²) in [4.78, 5) is 2.96. The third-order valence-electron chi connectivity index (χ3n) is 11.2. The SMILES string of the molecule is O=S1(=O)c2ccccc2C2(c3ccccc3Sc3ccccc32)c2cc3c4ccccc4n(-c4cc(-c5ccccc5)cc(-c5ccccc5)c4)c3cc21. The van der Waals surface area contributed by atoms with E-state index < -0.39 is 15.3 Å². The summed E-state index contributed by atoms with van der Waals surface area (Å²) in [5.41, 5.74) is 10.2. The molecule has 2 aliphatic heterocycles. The van der Waals surface area contributed by atoms with Crippen LogP contribution in [0.15, 0.2) is 208 Å². The molecule has 256 valence electrons. The van der Waals surface area contributed by atoms with Gasteiger partial charge in [0, 0.05) is 26.3 Å². The number of aromatic nitrogens is 1. The van der Waals surface area contributed by atoms with Gasteiger partial charge in [0.15, 0.2) is 0 Å². The van der Waals surface area contributed by atoms with Gasteiger partial charge in [0.05, 0.1) is 26.2 Å². The first kappa shape index (κ1) is 31.4. The molecule has 2 aliphatic rings. The Labute approximate surface area is 318 Å². The van der Waals surface area contributed by atoms with Gasteiger partial charge in [0.2, 0.25) is 9.84 Å². The van der Waals surface area contributed by atoms with E-state index in [9.17, 15) is 0 Å². The van der Waals surface area contributed by atoms with Gasteiger partial charge in [-0.2, -0.15) is 0 Å². The molecule has 0 N–H and O–H groups in total. The molecule has 3 heterocycles. The van der Waals surface area contributed by atoms with Crippen LogP contribution in [0.1, 0.15) is 22.3 Å². The van der Waals surface area contributed by atoms with Crippen LogP contribution in [0.25, 0.3) is 49.7 Å². The molecule has 0 fully saturated rings. The lowest BCUT2D eigenvalue weighted by atomic mass is 9.64. The molecule has 3 nitrogen and oxygen atoms in total. The van der Waals surface area contributed by atoms with Crippen LogP contribution >= 0.6 is 11.8 Å². The van der Waals surface area contributed by atoms with Crippen LogP contribution < -0.4 is 0 Å². The van der Waals surface area contributed by atoms with Crippen molar-refractivity contribution in [3.63, 3.8) is 0 Å². The van der Waals surface area contributed by atoms with Crippen molar-refractivity contribution in [3.05, 3.63) is 210 Å². The molecular formula is C49H31NO2S2. The molecule has 54 heavy (non-hydrogen) atoms. The van der Waals surface area contributed by atoms with Gasteiger partial charge in [-0.05, 0) is 99.1 Å². The van der Waals surface area contributed by atoms with Crippen molar-refractivity contribution in [3.8, 4) is 27.9 Å². The van der Waals surface area contributed by atoms with Crippen LogP contribution in [0.2, 0.25) is 0 Å². The van der Waals surface area contributed by atoms with Crippen molar-refractivity contribution in [1.82, 2.24) is 4.57 Å². The number of nitrogens with zero attached hydrogens (tertiary/aromatic N) is 1. The Kier molecular flexibility index (Phi) is 6.79. The van der Waals surface area contributed by atoms with Gasteiger partial charge in [-0.15, -0.1) is 0 Å². The third-order valence-corrected chi connectivity index (χ3v) is 14.2. The summed E-state index contributed by atoms with van der Waals surface area (Å²) in [6, 6.07) is 64.8. The topological polar surface area (TPSA) is 39.1 Å². The molecule has 0 atom stereocenters. The Hall–Kier alpha value is -6.14. The number of rotatable bonds is 3. The lowest BCUT2D eigenvalue weighted by Crippen LogP contribution is -2.39. The largest absolute Gasteiger partial charge is 0.309 e. The maximum atomic E-state index is 15.1. The van der Waals surface area contributed by atoms with E-state index >= 15 is 8.42 Å². The van der Waals surface area contributed by atoms with Crippen LogP contribution in [0.3, 0.4) is 0 Å². The van der Waals surface area contributed by atoms with E-state index in [0.717, 1.165) is 81.8 Å². The maximum absolute atomic E-state index is 15.1. The summed E-state index contributed by atoms with van der Waals surface area (Å²) in [5.74, 6) is 0. The number of fused-ring (bicyclic) bond motifs is 11. The molecule has 0 aliphatic carbocycles. The van der Waals surface area contributed by atoms with Gasteiger partial charge < -0.3 is 4.57 Å². The predicted octanol–water partition coefficient (Wildman–Crippen LogP) is 12.1. The lowest BCUT2D eigenvalue weighted by molar-refractivity contribution is 0.575. The lowest BCUT2D eigenvalue weighted by Gasteiger charge is -2.45. The number of sulfone groups is 1. The van der Waals surface area contributed by atoms with Crippen molar-refractivity contribution in [2.45, 2.75) is 25.0 Å². The highest BCUT2D eigenvalue weighted by molar-refractivity contribution is 7.99. The fourth-order valence-corrected chi connectivity index (χ4v) is 11.9. The van der Waals surface area contributed by atoms with Crippen molar-refractivity contribution < 1.29 is 8.42 Å². The molecular weight excluding hydrogens is 699 g/mol. The third kappa shape index (κ3) is 4.34. The minimum absolute atomic E-state index is 0.344. The van der Waals surface area contributed by atoms with Gasteiger partial charge in [-0.1, -0.05) is 145 Å². The second kappa shape index (κ2) is 11.7. The molecule has 11 rings (SSSR count). The average molecular weight is 730 g/mol. The number of para-hydroxylation sites is 1. The minimum Gasteiger partial charge on any atom is -0.309 e. The summed E-state index contributed by atoms with van der Waals surface area (Å²) in [6.45, 7) is 0. The zero-order valence-electron chi connectivity index (χ0n) is 29.0. The van der Waals surface area contributed by atoms with Crippen molar-refractivity contribution in [2.75, 3.05) is 0 Å². The Bertz CT molecular complexity index is 2990. The normalized spacial score (nSPS) is 14.7. The summed E-state index contributed by atoms with van der Waals surface area (Å²) >= 11 is 1.75. The smallest absolute Gasteiger partial charge is 0.207 e. The van der Waals surface area contributed by atoms with E-state index in [1.807, 2.05) is 36.4 Å². The Morgan fingerprint density at radius 1 is 0.407 bits per heavy atom. The van der Waals surface area contributed by atoms with Crippen molar-refractivity contribution in [2.24, 2.45) is 0 Å². The zero-order chi connectivity index (χ0) is 36.0. The maximum Gasteiger partial charge on any atom is 0.207 e. The second-order valence-electron chi connectivity index (χ2n) is 14.1. The monoisotopic (exact) mass is 729 g/mol. The summed E-state index contributed by atoms with van der Waals surface area (Å²) in [5, 5.41) is 2.08. The number of hydrogen-bond acceptors (Lipinski definition) is 3. The first-order valence-corrected chi connectivity index (χ1v) is 20.4. The molecule has 9 aromatic rings. The molecule has 5 heteroatoms. The van der Waals surface area contributed by atoms with Gasteiger partial charge in [-0.3, -0.25) is 0 Å². The Balaban J connectivity index is 1.29.